The molecule has 0 amide bonds. The van der Waals surface area contributed by atoms with Crippen molar-refractivity contribution >= 4 is 23.3 Å². The van der Waals surface area contributed by atoms with Gasteiger partial charge in [0.25, 0.3) is 0 Å². The molecule has 1 aromatic carbocycles. The molecule has 0 saturated carbocycles. The lowest BCUT2D eigenvalue weighted by Crippen LogP contribution is -2.25. The van der Waals surface area contributed by atoms with Crippen molar-refractivity contribution in [3.8, 4) is 5.69 Å². The average Bonchev–Trinajstić information content (AvgIpc) is 3.27. The molecule has 6 nitrogen and oxygen atoms in total. The number of carbonyl (C=O) groups is 1. The number of rotatable bonds is 4. The Morgan fingerprint density at radius 3 is 2.78 bits per heavy atom. The van der Waals surface area contributed by atoms with E-state index >= 15 is 0 Å². The van der Waals surface area contributed by atoms with E-state index in [1.165, 1.54) is 0 Å². The van der Waals surface area contributed by atoms with Crippen molar-refractivity contribution in [3.63, 3.8) is 0 Å². The minimum Gasteiger partial charge on any atom is -0.478 e. The molecule has 2 aromatic heterocycles. The first kappa shape index (κ1) is 17.2. The Morgan fingerprint density at radius 2 is 2.04 bits per heavy atom. The third-order valence-corrected chi connectivity index (χ3v) is 5.20. The van der Waals surface area contributed by atoms with Gasteiger partial charge in [-0.1, -0.05) is 12.1 Å². The molecule has 2 atom stereocenters. The number of aromatic carboxylic acids is 1. The largest absolute Gasteiger partial charge is 0.478 e. The number of benzene rings is 1. The number of nitrogens with one attached hydrogen (secondary N) is 1. The van der Waals surface area contributed by atoms with E-state index in [0.717, 1.165) is 17.1 Å². The van der Waals surface area contributed by atoms with E-state index in [-0.39, 0.29) is 17.6 Å². The highest BCUT2D eigenvalue weighted by molar-refractivity contribution is 7.80. The fraction of sp³-hybridized carbons (Fsp3) is 0.150. The van der Waals surface area contributed by atoms with Gasteiger partial charge in [-0.15, -0.1) is 0 Å². The van der Waals surface area contributed by atoms with Crippen LogP contribution in [0.3, 0.4) is 0 Å². The van der Waals surface area contributed by atoms with Gasteiger partial charge in [0, 0.05) is 30.8 Å². The number of carboxylic acid groups (broad SMARTS) is 1. The van der Waals surface area contributed by atoms with Crippen LogP contribution in [0.15, 0.2) is 67.0 Å². The Bertz CT molecular complexity index is 1000. The quantitative estimate of drug-likeness (QED) is 0.680. The summed E-state index contributed by atoms with van der Waals surface area (Å²) in [6.45, 7) is 0. The molecule has 1 saturated heterocycles. The second-order valence-corrected chi connectivity index (χ2v) is 6.78. The van der Waals surface area contributed by atoms with Crippen molar-refractivity contribution in [2.24, 2.45) is 0 Å². The Morgan fingerprint density at radius 1 is 1.19 bits per heavy atom. The third-order valence-electron chi connectivity index (χ3n) is 4.79. The molecule has 3 heterocycles. The standard InChI is InChI=1S/C20H18N4O2S/c1-23-18(17(22-20(23)27)15-8-2-3-10-21-15)16-9-5-11-24(16)14-7-4-6-13(12-14)19(25)26/h2-12,17-18H,1H3,(H,22,27)(H,25,26)/t17-,18-/m1/s1. The average molecular weight is 378 g/mol. The number of aromatic nitrogens is 2. The molecule has 2 N–H and O–H groups in total. The predicted octanol–water partition coefficient (Wildman–Crippen LogP) is 3.17. The van der Waals surface area contributed by atoms with Gasteiger partial charge in [0.2, 0.25) is 0 Å². The van der Waals surface area contributed by atoms with E-state index in [1.807, 2.05) is 59.1 Å². The van der Waals surface area contributed by atoms with Crippen LogP contribution < -0.4 is 5.32 Å². The van der Waals surface area contributed by atoms with Crippen LogP contribution in [0, 0.1) is 0 Å². The van der Waals surface area contributed by atoms with E-state index < -0.39 is 5.97 Å². The van der Waals surface area contributed by atoms with Gasteiger partial charge in [-0.3, -0.25) is 4.98 Å². The lowest BCUT2D eigenvalue weighted by atomic mass is 10.0. The van der Waals surface area contributed by atoms with Crippen molar-refractivity contribution in [2.75, 3.05) is 7.05 Å². The maximum atomic E-state index is 11.3. The Balaban J connectivity index is 1.79. The van der Waals surface area contributed by atoms with Gasteiger partial charge in [0.15, 0.2) is 5.11 Å². The first-order valence-electron chi connectivity index (χ1n) is 8.51. The molecule has 0 aliphatic carbocycles. The van der Waals surface area contributed by atoms with E-state index in [2.05, 4.69) is 10.3 Å². The zero-order valence-corrected chi connectivity index (χ0v) is 15.4. The van der Waals surface area contributed by atoms with Gasteiger partial charge >= 0.3 is 5.97 Å². The van der Waals surface area contributed by atoms with Gasteiger partial charge in [-0.25, -0.2) is 4.79 Å². The van der Waals surface area contributed by atoms with E-state index in [0.29, 0.717) is 5.11 Å². The number of likely N-dealkylation sites (N-methyl/N-ethyl adjacent to an activating group) is 1. The minimum absolute atomic E-state index is 0.0733. The Labute approximate surface area is 162 Å². The SMILES string of the molecule is CN1C(=S)N[C@H](c2ccccn2)[C@H]1c1cccn1-c1cccc(C(=O)O)c1. The molecule has 3 aromatic rings. The minimum atomic E-state index is -0.947. The first-order valence-corrected chi connectivity index (χ1v) is 8.92. The van der Waals surface area contributed by atoms with Crippen LogP contribution in [-0.2, 0) is 0 Å². The molecule has 0 unspecified atom stereocenters. The van der Waals surface area contributed by atoms with E-state index in [4.69, 9.17) is 12.2 Å². The van der Waals surface area contributed by atoms with Crippen LogP contribution >= 0.6 is 12.2 Å². The van der Waals surface area contributed by atoms with Gasteiger partial charge in [0.05, 0.1) is 23.3 Å². The van der Waals surface area contributed by atoms with Gasteiger partial charge in [-0.2, -0.15) is 0 Å². The van der Waals surface area contributed by atoms with Gasteiger partial charge in [-0.05, 0) is 54.7 Å². The normalized spacial score (nSPS) is 19.1. The highest BCUT2D eigenvalue weighted by Crippen LogP contribution is 2.38. The molecule has 4 rings (SSSR count). The van der Waals surface area contributed by atoms with Crippen LogP contribution in [0.25, 0.3) is 5.69 Å². The van der Waals surface area contributed by atoms with E-state index in [9.17, 15) is 9.90 Å². The van der Waals surface area contributed by atoms with Gasteiger partial charge in [0.1, 0.15) is 0 Å². The summed E-state index contributed by atoms with van der Waals surface area (Å²) in [5, 5.41) is 13.3. The molecule has 0 spiro atoms. The zero-order valence-electron chi connectivity index (χ0n) is 14.6. The van der Waals surface area contributed by atoms with Gasteiger partial charge < -0.3 is 19.9 Å². The number of hydrogen-bond donors (Lipinski definition) is 2. The summed E-state index contributed by atoms with van der Waals surface area (Å²) in [5.74, 6) is -0.947. The topological polar surface area (TPSA) is 70.4 Å². The highest BCUT2D eigenvalue weighted by atomic mass is 32.1. The zero-order chi connectivity index (χ0) is 19.0. The molecule has 1 aliphatic rings. The molecular weight excluding hydrogens is 360 g/mol. The lowest BCUT2D eigenvalue weighted by molar-refractivity contribution is 0.0697. The molecule has 0 bridgehead atoms. The molecule has 0 radical (unpaired) electrons. The Kier molecular flexibility index (Phi) is 4.37. The molecule has 27 heavy (non-hydrogen) atoms. The van der Waals surface area contributed by atoms with Crippen LogP contribution in [0.1, 0.15) is 33.8 Å². The summed E-state index contributed by atoms with van der Waals surface area (Å²) in [6.07, 6.45) is 3.70. The fourth-order valence-electron chi connectivity index (χ4n) is 3.49. The smallest absolute Gasteiger partial charge is 0.335 e. The summed E-state index contributed by atoms with van der Waals surface area (Å²) < 4.78 is 2.00. The number of nitrogens with zero attached hydrogens (tertiary/aromatic N) is 3. The molecule has 1 aliphatic heterocycles. The number of pyridine rings is 1. The van der Waals surface area contributed by atoms with Crippen molar-refractivity contribution < 1.29 is 9.90 Å². The lowest BCUT2D eigenvalue weighted by Gasteiger charge is -2.25. The summed E-state index contributed by atoms with van der Waals surface area (Å²) in [6, 6.07) is 16.5. The summed E-state index contributed by atoms with van der Waals surface area (Å²) >= 11 is 5.48. The van der Waals surface area contributed by atoms with Crippen molar-refractivity contribution in [1.29, 1.82) is 0 Å². The third kappa shape index (κ3) is 3.06. The van der Waals surface area contributed by atoms with Crippen LogP contribution in [0.2, 0.25) is 0 Å². The number of carboxylic acids is 1. The first-order chi connectivity index (χ1) is 13.1. The molecule has 136 valence electrons. The van der Waals surface area contributed by atoms with Crippen molar-refractivity contribution in [2.45, 2.75) is 12.1 Å². The predicted molar refractivity (Wildman–Crippen MR) is 106 cm³/mol. The van der Waals surface area contributed by atoms with Crippen LogP contribution in [0.5, 0.6) is 0 Å². The van der Waals surface area contributed by atoms with Crippen molar-refractivity contribution in [1.82, 2.24) is 19.8 Å². The monoisotopic (exact) mass is 378 g/mol. The van der Waals surface area contributed by atoms with E-state index in [1.54, 1.807) is 24.4 Å². The number of thiocarbonyl (C=S) groups is 1. The fourth-order valence-corrected chi connectivity index (χ4v) is 3.73. The Hall–Kier alpha value is -3.19. The molecular formula is C20H18N4O2S. The van der Waals surface area contributed by atoms with Crippen LogP contribution in [0.4, 0.5) is 0 Å². The molecule has 7 heteroatoms. The second-order valence-electron chi connectivity index (χ2n) is 6.40. The van der Waals surface area contributed by atoms with Crippen molar-refractivity contribution in [3.05, 3.63) is 83.9 Å². The van der Waals surface area contributed by atoms with Crippen LogP contribution in [-0.4, -0.2) is 37.7 Å². The summed E-state index contributed by atoms with van der Waals surface area (Å²) in [7, 11) is 1.95. The number of hydrogen-bond acceptors (Lipinski definition) is 3. The summed E-state index contributed by atoms with van der Waals surface area (Å²) in [5.41, 5.74) is 2.95. The summed E-state index contributed by atoms with van der Waals surface area (Å²) in [4.78, 5) is 17.9. The molecule has 1 fully saturated rings. The highest BCUT2D eigenvalue weighted by Gasteiger charge is 2.39. The second kappa shape index (κ2) is 6.85. The maximum absolute atomic E-state index is 11.3. The maximum Gasteiger partial charge on any atom is 0.335 e.